The normalized spacial score (nSPS) is 15.9. The van der Waals surface area contributed by atoms with Crippen molar-refractivity contribution >= 4 is 23.2 Å². The lowest BCUT2D eigenvalue weighted by molar-refractivity contribution is -0.896. The van der Waals surface area contributed by atoms with Gasteiger partial charge in [-0.1, -0.05) is 37.3 Å². The monoisotopic (exact) mass is 416 g/mol. The number of hydrogen-bond acceptors (Lipinski definition) is 3. The molecule has 0 unspecified atom stereocenters. The number of benzene rings is 1. The van der Waals surface area contributed by atoms with E-state index in [1.165, 1.54) is 20.9 Å². The first-order valence-electron chi connectivity index (χ1n) is 10.4. The molecular formula is C22H32N4O2S+2. The van der Waals surface area contributed by atoms with Gasteiger partial charge in [0, 0.05) is 12.6 Å². The number of thiophene rings is 1. The topological polar surface area (TPSA) is 70.5 Å². The largest absolute Gasteiger partial charge is 0.354 e. The van der Waals surface area contributed by atoms with E-state index in [1.807, 2.05) is 4.90 Å². The van der Waals surface area contributed by atoms with Gasteiger partial charge in [0.25, 0.3) is 11.8 Å². The van der Waals surface area contributed by atoms with Crippen LogP contribution in [0.2, 0.25) is 0 Å². The maximum absolute atomic E-state index is 12.8. The van der Waals surface area contributed by atoms with E-state index < -0.39 is 0 Å². The molecule has 1 saturated heterocycles. The van der Waals surface area contributed by atoms with E-state index >= 15 is 0 Å². The SMILES string of the molecule is CCc1ccc([C@@H]([NH2+]CC(=O)N2CC[NH+](CC(=O)NC)CC2)c2cccs2)cc1. The number of nitrogens with zero attached hydrogens (tertiary/aromatic N) is 1. The summed E-state index contributed by atoms with van der Waals surface area (Å²) in [6.07, 6.45) is 1.03. The second kappa shape index (κ2) is 10.5. The van der Waals surface area contributed by atoms with Gasteiger partial charge >= 0.3 is 0 Å². The number of nitrogens with one attached hydrogen (secondary N) is 2. The van der Waals surface area contributed by atoms with Crippen LogP contribution in [-0.4, -0.2) is 63.0 Å². The first-order valence-corrected chi connectivity index (χ1v) is 11.3. The Morgan fingerprint density at radius 3 is 2.52 bits per heavy atom. The highest BCUT2D eigenvalue weighted by atomic mass is 32.1. The molecule has 1 aromatic carbocycles. The smallest absolute Gasteiger partial charge is 0.278 e. The van der Waals surface area contributed by atoms with E-state index in [2.05, 4.69) is 59.3 Å². The van der Waals surface area contributed by atoms with Gasteiger partial charge < -0.3 is 20.4 Å². The lowest BCUT2D eigenvalue weighted by atomic mass is 10.0. The molecule has 29 heavy (non-hydrogen) atoms. The highest BCUT2D eigenvalue weighted by Crippen LogP contribution is 2.23. The van der Waals surface area contributed by atoms with Gasteiger partial charge in [0.15, 0.2) is 13.1 Å². The minimum absolute atomic E-state index is 0.0565. The molecule has 7 heteroatoms. The van der Waals surface area contributed by atoms with Crippen LogP contribution in [0.3, 0.4) is 0 Å². The molecule has 156 valence electrons. The average molecular weight is 417 g/mol. The fourth-order valence-corrected chi connectivity index (χ4v) is 4.61. The van der Waals surface area contributed by atoms with Crippen LogP contribution in [0.1, 0.15) is 29.0 Å². The average Bonchev–Trinajstić information content (AvgIpc) is 3.29. The number of hydrogen-bond donors (Lipinski definition) is 3. The summed E-state index contributed by atoms with van der Waals surface area (Å²) >= 11 is 1.73. The van der Waals surface area contributed by atoms with Gasteiger partial charge in [0.1, 0.15) is 6.04 Å². The summed E-state index contributed by atoms with van der Waals surface area (Å²) in [7, 11) is 1.66. The van der Waals surface area contributed by atoms with Gasteiger partial charge in [-0.15, -0.1) is 11.3 Å². The van der Waals surface area contributed by atoms with Crippen molar-refractivity contribution in [1.82, 2.24) is 10.2 Å². The highest BCUT2D eigenvalue weighted by molar-refractivity contribution is 7.10. The third kappa shape index (κ3) is 5.88. The number of quaternary nitrogens is 2. The van der Waals surface area contributed by atoms with Crippen molar-refractivity contribution in [2.24, 2.45) is 0 Å². The third-order valence-electron chi connectivity index (χ3n) is 5.64. The Bertz CT molecular complexity index is 784. The Morgan fingerprint density at radius 1 is 1.21 bits per heavy atom. The number of nitrogens with two attached hydrogens (primary N) is 1. The number of carbonyl (C=O) groups excluding carboxylic acids is 2. The molecule has 0 aliphatic carbocycles. The highest BCUT2D eigenvalue weighted by Gasteiger charge is 2.27. The van der Waals surface area contributed by atoms with E-state index in [1.54, 1.807) is 18.4 Å². The minimum atomic E-state index is 0.0565. The fourth-order valence-electron chi connectivity index (χ4n) is 3.76. The standard InChI is InChI=1S/C22H30N4O2S/c1-3-17-6-8-18(9-7-17)22(19-5-4-14-29-19)24-15-21(28)26-12-10-25(11-13-26)16-20(27)23-2/h4-9,14,22,24H,3,10-13,15-16H2,1-2H3,(H,23,27)/p+2/t22-/m1/s1. The Hall–Kier alpha value is -2.22. The first kappa shape index (κ1) is 21.5. The quantitative estimate of drug-likeness (QED) is 0.540. The summed E-state index contributed by atoms with van der Waals surface area (Å²) in [4.78, 5) is 28.8. The third-order valence-corrected chi connectivity index (χ3v) is 6.59. The van der Waals surface area contributed by atoms with Crippen LogP contribution in [0, 0.1) is 0 Å². The van der Waals surface area contributed by atoms with E-state index in [4.69, 9.17) is 0 Å². The molecule has 0 radical (unpaired) electrons. The Kier molecular flexibility index (Phi) is 7.80. The summed E-state index contributed by atoms with van der Waals surface area (Å²) in [5, 5.41) is 6.91. The molecule has 0 spiro atoms. The van der Waals surface area contributed by atoms with Crippen LogP contribution in [0.25, 0.3) is 0 Å². The van der Waals surface area contributed by atoms with Gasteiger partial charge in [0.2, 0.25) is 0 Å². The van der Waals surface area contributed by atoms with Gasteiger partial charge in [-0.3, -0.25) is 9.59 Å². The number of aryl methyl sites for hydroxylation is 1. The minimum Gasteiger partial charge on any atom is -0.354 e. The van der Waals surface area contributed by atoms with Gasteiger partial charge in [-0.2, -0.15) is 0 Å². The number of amides is 2. The molecule has 2 heterocycles. The number of likely N-dealkylation sites (N-methyl/N-ethyl adjacent to an activating group) is 1. The van der Waals surface area contributed by atoms with Crippen LogP contribution in [0.15, 0.2) is 41.8 Å². The molecule has 4 N–H and O–H groups in total. The molecule has 6 nitrogen and oxygen atoms in total. The summed E-state index contributed by atoms with van der Waals surface area (Å²) in [5.74, 6) is 0.233. The Morgan fingerprint density at radius 2 is 1.93 bits per heavy atom. The maximum atomic E-state index is 12.8. The van der Waals surface area contributed by atoms with E-state index in [9.17, 15) is 9.59 Å². The predicted octanol–water partition coefficient (Wildman–Crippen LogP) is -0.564. The van der Waals surface area contributed by atoms with E-state index in [0.717, 1.165) is 19.5 Å². The Labute approximate surface area is 176 Å². The second-order valence-corrected chi connectivity index (χ2v) is 8.49. The maximum Gasteiger partial charge on any atom is 0.278 e. The molecular weight excluding hydrogens is 384 g/mol. The zero-order valence-corrected chi connectivity index (χ0v) is 18.1. The van der Waals surface area contributed by atoms with Crippen molar-refractivity contribution in [2.45, 2.75) is 19.4 Å². The van der Waals surface area contributed by atoms with Crippen molar-refractivity contribution in [2.75, 3.05) is 46.3 Å². The van der Waals surface area contributed by atoms with Crippen LogP contribution >= 0.6 is 11.3 Å². The summed E-state index contributed by atoms with van der Waals surface area (Å²) in [6, 6.07) is 13.1. The molecule has 2 amide bonds. The molecule has 1 aromatic heterocycles. The van der Waals surface area contributed by atoms with Crippen molar-refractivity contribution in [3.63, 3.8) is 0 Å². The van der Waals surface area contributed by atoms with Crippen molar-refractivity contribution in [3.05, 3.63) is 57.8 Å². The molecule has 3 rings (SSSR count). The van der Waals surface area contributed by atoms with Crippen LogP contribution < -0.4 is 15.5 Å². The molecule has 0 saturated carbocycles. The van der Waals surface area contributed by atoms with Gasteiger partial charge in [-0.05, 0) is 23.4 Å². The number of carbonyl (C=O) groups is 2. The number of rotatable bonds is 8. The van der Waals surface area contributed by atoms with Gasteiger partial charge in [0.05, 0.1) is 31.1 Å². The van der Waals surface area contributed by atoms with Crippen molar-refractivity contribution < 1.29 is 19.8 Å². The van der Waals surface area contributed by atoms with E-state index in [-0.39, 0.29) is 17.9 Å². The molecule has 1 fully saturated rings. The van der Waals surface area contributed by atoms with Gasteiger partial charge in [-0.25, -0.2) is 0 Å². The van der Waals surface area contributed by atoms with Crippen LogP contribution in [-0.2, 0) is 16.0 Å². The van der Waals surface area contributed by atoms with Crippen LogP contribution in [0.4, 0.5) is 0 Å². The molecule has 1 atom stereocenters. The van der Waals surface area contributed by atoms with Crippen molar-refractivity contribution in [1.29, 1.82) is 0 Å². The molecule has 0 bridgehead atoms. The molecule has 1 aliphatic rings. The zero-order valence-electron chi connectivity index (χ0n) is 17.3. The van der Waals surface area contributed by atoms with Crippen LogP contribution in [0.5, 0.6) is 0 Å². The first-order chi connectivity index (χ1) is 14.1. The lowest BCUT2D eigenvalue weighted by Gasteiger charge is -2.31. The molecule has 1 aliphatic heterocycles. The van der Waals surface area contributed by atoms with E-state index in [0.29, 0.717) is 26.2 Å². The predicted molar refractivity (Wildman–Crippen MR) is 115 cm³/mol. The molecule has 2 aromatic rings. The lowest BCUT2D eigenvalue weighted by Crippen LogP contribution is -3.16. The Balaban J connectivity index is 1.57. The zero-order chi connectivity index (χ0) is 20.6. The number of piperazine rings is 1. The summed E-state index contributed by atoms with van der Waals surface area (Å²) in [6.45, 7) is 6.16. The summed E-state index contributed by atoms with van der Waals surface area (Å²) < 4.78 is 0. The van der Waals surface area contributed by atoms with Crippen molar-refractivity contribution in [3.8, 4) is 0 Å². The fraction of sp³-hybridized carbons (Fsp3) is 0.455. The second-order valence-electron chi connectivity index (χ2n) is 7.51. The summed E-state index contributed by atoms with van der Waals surface area (Å²) in [5.41, 5.74) is 2.56.